The molecule has 3 atom stereocenters. The lowest BCUT2D eigenvalue weighted by molar-refractivity contribution is -0.121. The first kappa shape index (κ1) is 17.4. The van der Waals surface area contributed by atoms with Crippen LogP contribution in [-0.2, 0) is 4.79 Å². The molecule has 2 unspecified atom stereocenters. The number of nitrogens with one attached hydrogen (secondary N) is 1. The van der Waals surface area contributed by atoms with E-state index < -0.39 is 0 Å². The summed E-state index contributed by atoms with van der Waals surface area (Å²) in [7, 11) is 0. The molecule has 2 saturated heterocycles. The van der Waals surface area contributed by atoms with E-state index in [2.05, 4.69) is 23.2 Å². The van der Waals surface area contributed by atoms with Crippen LogP contribution in [0, 0.1) is 17.2 Å². The third-order valence-electron chi connectivity index (χ3n) is 5.53. The number of nitriles is 1. The van der Waals surface area contributed by atoms with Gasteiger partial charge in [-0.1, -0.05) is 13.8 Å². The standard InChI is InChI=1S/C19H27N3OS/c1-3-19(23)21-17(18-7-6-16(12-20)24-18)8-9-22-14-4-5-15(22)11-13(2)10-14/h6-7,13-15,17H,3-5,8-11H2,1-2H3,(H,21,23)/t13?,14?,15?,17-/m0/s1. The van der Waals surface area contributed by atoms with Gasteiger partial charge in [0.1, 0.15) is 10.9 Å². The molecule has 2 aliphatic rings. The molecule has 0 saturated carbocycles. The van der Waals surface area contributed by atoms with Gasteiger partial charge < -0.3 is 5.32 Å². The van der Waals surface area contributed by atoms with E-state index in [1.165, 1.54) is 37.0 Å². The van der Waals surface area contributed by atoms with Crippen molar-refractivity contribution in [1.29, 1.82) is 5.26 Å². The molecule has 0 aliphatic carbocycles. The summed E-state index contributed by atoms with van der Waals surface area (Å²) in [5.41, 5.74) is 0. The van der Waals surface area contributed by atoms with Crippen molar-refractivity contribution in [2.75, 3.05) is 6.54 Å². The van der Waals surface area contributed by atoms with Crippen molar-refractivity contribution in [3.05, 3.63) is 21.9 Å². The summed E-state index contributed by atoms with van der Waals surface area (Å²) in [5.74, 6) is 0.937. The highest BCUT2D eigenvalue weighted by atomic mass is 32.1. The van der Waals surface area contributed by atoms with Gasteiger partial charge in [0.05, 0.1) is 6.04 Å². The number of carbonyl (C=O) groups is 1. The largest absolute Gasteiger partial charge is 0.348 e. The van der Waals surface area contributed by atoms with Gasteiger partial charge in [0.25, 0.3) is 0 Å². The second-order valence-corrected chi connectivity index (χ2v) is 8.39. The Morgan fingerprint density at radius 2 is 2.12 bits per heavy atom. The predicted octanol–water partition coefficient (Wildman–Crippen LogP) is 3.84. The van der Waals surface area contributed by atoms with Crippen molar-refractivity contribution in [3.8, 4) is 6.07 Å². The maximum Gasteiger partial charge on any atom is 0.220 e. The first-order valence-electron chi connectivity index (χ1n) is 9.15. The van der Waals surface area contributed by atoms with E-state index >= 15 is 0 Å². The molecule has 0 aromatic carbocycles. The summed E-state index contributed by atoms with van der Waals surface area (Å²) in [4.78, 5) is 16.4. The summed E-state index contributed by atoms with van der Waals surface area (Å²) in [5, 5.41) is 12.2. The van der Waals surface area contributed by atoms with Crippen molar-refractivity contribution in [2.24, 2.45) is 5.92 Å². The molecule has 5 heteroatoms. The van der Waals surface area contributed by atoms with Crippen LogP contribution in [0.2, 0.25) is 0 Å². The monoisotopic (exact) mass is 345 g/mol. The summed E-state index contributed by atoms with van der Waals surface area (Å²) in [6.07, 6.45) is 6.73. The molecule has 0 radical (unpaired) electrons. The zero-order chi connectivity index (χ0) is 17.1. The van der Waals surface area contributed by atoms with Gasteiger partial charge in [0, 0.05) is 29.9 Å². The quantitative estimate of drug-likeness (QED) is 0.852. The Bertz CT molecular complexity index is 606. The number of piperidine rings is 1. The van der Waals surface area contributed by atoms with Crippen LogP contribution in [0.5, 0.6) is 0 Å². The van der Waals surface area contributed by atoms with Crippen molar-refractivity contribution >= 4 is 17.2 Å². The summed E-state index contributed by atoms with van der Waals surface area (Å²) in [6.45, 7) is 5.30. The van der Waals surface area contributed by atoms with E-state index in [1.807, 2.05) is 19.1 Å². The highest BCUT2D eigenvalue weighted by molar-refractivity contribution is 7.12. The predicted molar refractivity (Wildman–Crippen MR) is 96.7 cm³/mol. The van der Waals surface area contributed by atoms with E-state index in [4.69, 9.17) is 5.26 Å². The molecule has 1 aromatic rings. The van der Waals surface area contributed by atoms with E-state index in [0.717, 1.165) is 35.8 Å². The molecule has 2 aliphatic heterocycles. The smallest absolute Gasteiger partial charge is 0.220 e. The average Bonchev–Trinajstić information content (AvgIpc) is 3.14. The fraction of sp³-hybridized carbons (Fsp3) is 0.684. The van der Waals surface area contributed by atoms with Crippen LogP contribution in [-0.4, -0.2) is 29.4 Å². The van der Waals surface area contributed by atoms with Gasteiger partial charge in [0.15, 0.2) is 0 Å². The summed E-state index contributed by atoms with van der Waals surface area (Å²) in [6, 6.07) is 7.56. The normalized spacial score (nSPS) is 27.6. The average molecular weight is 346 g/mol. The maximum absolute atomic E-state index is 11.9. The number of hydrogen-bond donors (Lipinski definition) is 1. The summed E-state index contributed by atoms with van der Waals surface area (Å²) < 4.78 is 0. The molecular formula is C19H27N3OS. The molecule has 3 heterocycles. The minimum atomic E-state index is 0.0308. The second-order valence-electron chi connectivity index (χ2n) is 7.28. The first-order valence-corrected chi connectivity index (χ1v) is 9.97. The van der Waals surface area contributed by atoms with Crippen LogP contribution in [0.25, 0.3) is 0 Å². The molecule has 1 amide bonds. The number of amides is 1. The van der Waals surface area contributed by atoms with E-state index in [-0.39, 0.29) is 11.9 Å². The molecule has 2 fully saturated rings. The van der Waals surface area contributed by atoms with Gasteiger partial charge in [-0.15, -0.1) is 11.3 Å². The van der Waals surface area contributed by atoms with Crippen LogP contribution in [0.1, 0.15) is 68.2 Å². The highest BCUT2D eigenvalue weighted by Crippen LogP contribution is 2.39. The van der Waals surface area contributed by atoms with Gasteiger partial charge >= 0.3 is 0 Å². The molecule has 24 heavy (non-hydrogen) atoms. The van der Waals surface area contributed by atoms with Gasteiger partial charge in [0.2, 0.25) is 5.91 Å². The van der Waals surface area contributed by atoms with Gasteiger partial charge in [-0.3, -0.25) is 9.69 Å². The molecule has 0 spiro atoms. The number of hydrogen-bond acceptors (Lipinski definition) is 4. The van der Waals surface area contributed by atoms with Gasteiger partial charge in [-0.05, 0) is 50.2 Å². The van der Waals surface area contributed by atoms with Crippen molar-refractivity contribution in [2.45, 2.75) is 70.5 Å². The highest BCUT2D eigenvalue weighted by Gasteiger charge is 2.39. The second kappa shape index (κ2) is 7.67. The Morgan fingerprint density at radius 1 is 1.42 bits per heavy atom. The zero-order valence-electron chi connectivity index (χ0n) is 14.6. The minimum Gasteiger partial charge on any atom is -0.348 e. The number of nitrogens with zero attached hydrogens (tertiary/aromatic N) is 2. The number of fused-ring (bicyclic) bond motifs is 2. The molecule has 3 rings (SSSR count). The van der Waals surface area contributed by atoms with Crippen LogP contribution < -0.4 is 5.32 Å². The van der Waals surface area contributed by atoms with Crippen LogP contribution in [0.15, 0.2) is 12.1 Å². The van der Waals surface area contributed by atoms with Crippen molar-refractivity contribution in [3.63, 3.8) is 0 Å². The molecule has 130 valence electrons. The number of rotatable bonds is 6. The zero-order valence-corrected chi connectivity index (χ0v) is 15.4. The number of carbonyl (C=O) groups excluding carboxylic acids is 1. The fourth-order valence-electron chi connectivity index (χ4n) is 4.37. The lowest BCUT2D eigenvalue weighted by atomic mass is 9.92. The molecule has 4 nitrogen and oxygen atoms in total. The van der Waals surface area contributed by atoms with Gasteiger partial charge in [-0.25, -0.2) is 0 Å². The first-order chi connectivity index (χ1) is 11.6. The SMILES string of the molecule is CCC(=O)N[C@@H](CCN1C2CCC1CC(C)C2)c1ccc(C#N)s1. The van der Waals surface area contributed by atoms with Crippen LogP contribution in [0.3, 0.4) is 0 Å². The maximum atomic E-state index is 11.9. The lowest BCUT2D eigenvalue weighted by Crippen LogP contribution is -2.43. The summed E-state index contributed by atoms with van der Waals surface area (Å²) >= 11 is 1.50. The Morgan fingerprint density at radius 3 is 2.71 bits per heavy atom. The fourth-order valence-corrected chi connectivity index (χ4v) is 5.26. The number of thiophene rings is 1. The molecule has 1 N–H and O–H groups in total. The van der Waals surface area contributed by atoms with E-state index in [9.17, 15) is 4.79 Å². The lowest BCUT2D eigenvalue weighted by Gasteiger charge is -2.38. The van der Waals surface area contributed by atoms with E-state index in [1.54, 1.807) is 0 Å². The van der Waals surface area contributed by atoms with Crippen molar-refractivity contribution < 1.29 is 4.79 Å². The molecule has 1 aromatic heterocycles. The topological polar surface area (TPSA) is 56.1 Å². The molecular weight excluding hydrogens is 318 g/mol. The Hall–Kier alpha value is -1.38. The van der Waals surface area contributed by atoms with Crippen molar-refractivity contribution in [1.82, 2.24) is 10.2 Å². The third-order valence-corrected chi connectivity index (χ3v) is 6.64. The van der Waals surface area contributed by atoms with Gasteiger partial charge in [-0.2, -0.15) is 5.26 Å². The Kier molecular flexibility index (Phi) is 5.57. The third kappa shape index (κ3) is 3.81. The van der Waals surface area contributed by atoms with Crippen LogP contribution in [0.4, 0.5) is 0 Å². The minimum absolute atomic E-state index is 0.0308. The molecule has 2 bridgehead atoms. The Balaban J connectivity index is 1.66. The Labute approximate surface area is 148 Å². The van der Waals surface area contributed by atoms with Crippen LogP contribution >= 0.6 is 11.3 Å². The van der Waals surface area contributed by atoms with E-state index in [0.29, 0.717) is 11.3 Å².